The van der Waals surface area contributed by atoms with Crippen LogP contribution in [0.5, 0.6) is 0 Å². The third kappa shape index (κ3) is 4.87. The van der Waals surface area contributed by atoms with E-state index in [2.05, 4.69) is 75.2 Å². The van der Waals surface area contributed by atoms with Crippen molar-refractivity contribution >= 4 is 0 Å². The Bertz CT molecular complexity index is 484. The summed E-state index contributed by atoms with van der Waals surface area (Å²) in [5.74, 6) is 0. The van der Waals surface area contributed by atoms with E-state index in [0.717, 1.165) is 38.3 Å². The Morgan fingerprint density at radius 2 is 1.26 bits per heavy atom. The van der Waals surface area contributed by atoms with Gasteiger partial charge >= 0.3 is 0 Å². The zero-order valence-corrected chi connectivity index (χ0v) is 19.2. The number of rotatable bonds is 0. The molecule has 0 N–H and O–H groups in total. The molecule has 4 rings (SSSR count). The summed E-state index contributed by atoms with van der Waals surface area (Å²) in [7, 11) is 4.51. The SMILES string of the molecule is CN1C2CCC1CN(C(C)(C)C)C2.CN1CCOC2CN(C(C)(C)C)CC21. The van der Waals surface area contributed by atoms with E-state index in [9.17, 15) is 0 Å². The maximum absolute atomic E-state index is 5.81. The van der Waals surface area contributed by atoms with Gasteiger partial charge in [-0.1, -0.05) is 0 Å². The van der Waals surface area contributed by atoms with Crippen LogP contribution in [0.1, 0.15) is 54.4 Å². The molecule has 4 atom stereocenters. The molecule has 0 spiro atoms. The Kier molecular flexibility index (Phi) is 6.30. The number of ether oxygens (including phenoxy) is 1. The molecule has 0 saturated carbocycles. The van der Waals surface area contributed by atoms with Gasteiger partial charge in [0, 0.05) is 61.9 Å². The number of hydrogen-bond donors (Lipinski definition) is 0. The summed E-state index contributed by atoms with van der Waals surface area (Å²) >= 11 is 0. The summed E-state index contributed by atoms with van der Waals surface area (Å²) in [5, 5.41) is 0. The average Bonchev–Trinajstić information content (AvgIpc) is 3.05. The average molecular weight is 381 g/mol. The largest absolute Gasteiger partial charge is 0.374 e. The summed E-state index contributed by atoms with van der Waals surface area (Å²) in [5.41, 5.74) is 0.642. The summed E-state index contributed by atoms with van der Waals surface area (Å²) < 4.78 is 5.81. The molecule has 0 amide bonds. The van der Waals surface area contributed by atoms with Crippen LogP contribution in [-0.4, -0.2) is 108 Å². The van der Waals surface area contributed by atoms with Crippen molar-refractivity contribution in [2.75, 3.05) is 53.4 Å². The van der Waals surface area contributed by atoms with Crippen LogP contribution >= 0.6 is 0 Å². The second-order valence-corrected chi connectivity index (χ2v) is 11.2. The van der Waals surface area contributed by atoms with Crippen molar-refractivity contribution in [3.8, 4) is 0 Å². The van der Waals surface area contributed by atoms with E-state index >= 15 is 0 Å². The van der Waals surface area contributed by atoms with Crippen molar-refractivity contribution in [1.82, 2.24) is 19.6 Å². The highest BCUT2D eigenvalue weighted by molar-refractivity contribution is 4.98. The van der Waals surface area contributed by atoms with Crippen molar-refractivity contribution < 1.29 is 4.74 Å². The normalized spacial score (nSPS) is 36.4. The van der Waals surface area contributed by atoms with Crippen molar-refractivity contribution in [1.29, 1.82) is 0 Å². The number of hydrogen-bond acceptors (Lipinski definition) is 5. The molecule has 5 nitrogen and oxygen atoms in total. The quantitative estimate of drug-likeness (QED) is 0.642. The Morgan fingerprint density at radius 1 is 0.741 bits per heavy atom. The van der Waals surface area contributed by atoms with Crippen LogP contribution < -0.4 is 0 Å². The molecule has 4 aliphatic heterocycles. The fourth-order valence-electron chi connectivity index (χ4n) is 5.07. The lowest BCUT2D eigenvalue weighted by atomic mass is 10.0. The van der Waals surface area contributed by atoms with Crippen LogP contribution in [0.15, 0.2) is 0 Å². The molecule has 27 heavy (non-hydrogen) atoms. The van der Waals surface area contributed by atoms with E-state index in [0.29, 0.717) is 17.7 Å². The molecular weight excluding hydrogens is 336 g/mol. The number of piperazine rings is 1. The van der Waals surface area contributed by atoms with Gasteiger partial charge in [0.2, 0.25) is 0 Å². The number of likely N-dealkylation sites (N-methyl/N-ethyl adjacent to an activating group) is 2. The van der Waals surface area contributed by atoms with Gasteiger partial charge in [-0.05, 0) is 68.5 Å². The Morgan fingerprint density at radius 3 is 1.74 bits per heavy atom. The molecule has 5 heteroatoms. The van der Waals surface area contributed by atoms with E-state index in [1.165, 1.54) is 25.9 Å². The summed E-state index contributed by atoms with van der Waals surface area (Å²) in [4.78, 5) is 10.2. The first-order valence-corrected chi connectivity index (χ1v) is 11.0. The third-order valence-corrected chi connectivity index (χ3v) is 7.32. The molecule has 0 aromatic heterocycles. The molecule has 4 aliphatic rings. The second-order valence-electron chi connectivity index (χ2n) is 11.2. The smallest absolute Gasteiger partial charge is 0.0870 e. The van der Waals surface area contributed by atoms with E-state index < -0.39 is 0 Å². The second kappa shape index (κ2) is 7.91. The zero-order valence-electron chi connectivity index (χ0n) is 19.2. The highest BCUT2D eigenvalue weighted by Gasteiger charge is 2.42. The molecule has 4 fully saturated rings. The van der Waals surface area contributed by atoms with Crippen LogP contribution in [0.2, 0.25) is 0 Å². The predicted molar refractivity (Wildman–Crippen MR) is 113 cm³/mol. The minimum Gasteiger partial charge on any atom is -0.374 e. The fourth-order valence-corrected chi connectivity index (χ4v) is 5.07. The summed E-state index contributed by atoms with van der Waals surface area (Å²) in [6.07, 6.45) is 3.26. The van der Waals surface area contributed by atoms with Gasteiger partial charge in [-0.15, -0.1) is 0 Å². The highest BCUT2D eigenvalue weighted by Crippen LogP contribution is 2.31. The highest BCUT2D eigenvalue weighted by atomic mass is 16.5. The molecule has 0 aliphatic carbocycles. The van der Waals surface area contributed by atoms with Crippen LogP contribution in [0.4, 0.5) is 0 Å². The van der Waals surface area contributed by atoms with Gasteiger partial charge in [0.15, 0.2) is 0 Å². The maximum atomic E-state index is 5.81. The van der Waals surface area contributed by atoms with E-state index in [4.69, 9.17) is 4.74 Å². The molecule has 158 valence electrons. The maximum Gasteiger partial charge on any atom is 0.0870 e. The van der Waals surface area contributed by atoms with Crippen molar-refractivity contribution in [3.63, 3.8) is 0 Å². The van der Waals surface area contributed by atoms with Gasteiger partial charge in [0.1, 0.15) is 0 Å². The minimum atomic E-state index is 0.279. The van der Waals surface area contributed by atoms with Gasteiger partial charge in [-0.25, -0.2) is 0 Å². The van der Waals surface area contributed by atoms with Crippen LogP contribution in [0.3, 0.4) is 0 Å². The topological polar surface area (TPSA) is 22.2 Å². The molecule has 4 heterocycles. The Labute approximate surface area is 168 Å². The van der Waals surface area contributed by atoms with Crippen LogP contribution in [0, 0.1) is 0 Å². The van der Waals surface area contributed by atoms with Gasteiger partial charge in [0.05, 0.1) is 12.7 Å². The van der Waals surface area contributed by atoms with E-state index in [-0.39, 0.29) is 5.54 Å². The van der Waals surface area contributed by atoms with Crippen LogP contribution in [-0.2, 0) is 4.74 Å². The molecule has 2 bridgehead atoms. The standard InChI is InChI=1S/C11H22N2O.C11H22N2/c1-11(2,3)13-7-9-10(8-13)14-6-5-12(9)4;1-11(2,3)13-7-9-5-6-10(8-13)12(9)4/h9-10H,5-8H2,1-4H3;9-10H,5-8H2,1-4H3. The van der Waals surface area contributed by atoms with E-state index in [1.807, 2.05) is 0 Å². The lowest BCUT2D eigenvalue weighted by molar-refractivity contribution is -0.0375. The van der Waals surface area contributed by atoms with Crippen molar-refractivity contribution in [3.05, 3.63) is 0 Å². The molecule has 0 aromatic carbocycles. The lowest BCUT2D eigenvalue weighted by Crippen LogP contribution is -2.57. The minimum absolute atomic E-state index is 0.279. The number of nitrogens with zero attached hydrogens (tertiary/aromatic N) is 4. The van der Waals surface area contributed by atoms with Crippen molar-refractivity contribution in [2.24, 2.45) is 0 Å². The third-order valence-electron chi connectivity index (χ3n) is 7.32. The van der Waals surface area contributed by atoms with Crippen molar-refractivity contribution in [2.45, 2.75) is 89.7 Å². The number of fused-ring (bicyclic) bond motifs is 3. The predicted octanol–water partition coefficient (Wildman–Crippen LogP) is 2.36. The molecule has 4 unspecified atom stereocenters. The first-order valence-electron chi connectivity index (χ1n) is 11.0. The monoisotopic (exact) mass is 380 g/mol. The number of likely N-dealkylation sites (tertiary alicyclic amines) is 2. The van der Waals surface area contributed by atoms with Gasteiger partial charge in [-0.3, -0.25) is 19.6 Å². The first kappa shape index (κ1) is 21.5. The fraction of sp³-hybridized carbons (Fsp3) is 1.00. The Hall–Kier alpha value is -0.200. The van der Waals surface area contributed by atoms with Gasteiger partial charge in [-0.2, -0.15) is 0 Å². The summed E-state index contributed by atoms with van der Waals surface area (Å²) in [6.45, 7) is 20.6. The van der Waals surface area contributed by atoms with Gasteiger partial charge < -0.3 is 4.74 Å². The first-order chi connectivity index (χ1) is 12.5. The molecule has 0 radical (unpaired) electrons. The van der Waals surface area contributed by atoms with Crippen LogP contribution in [0.25, 0.3) is 0 Å². The Balaban J connectivity index is 0.000000156. The molecular formula is C22H44N4O. The molecule has 4 saturated heterocycles. The van der Waals surface area contributed by atoms with Gasteiger partial charge in [0.25, 0.3) is 0 Å². The summed E-state index contributed by atoms with van der Waals surface area (Å²) in [6, 6.07) is 2.28. The zero-order chi connectivity index (χ0) is 20.0. The van der Waals surface area contributed by atoms with E-state index in [1.54, 1.807) is 0 Å². The lowest BCUT2D eigenvalue weighted by Gasteiger charge is -2.45. The number of morpholine rings is 1. The molecule has 0 aromatic rings.